The molecule has 1 saturated heterocycles. The van der Waals surface area contributed by atoms with Gasteiger partial charge in [0.05, 0.1) is 13.2 Å². The third-order valence-corrected chi connectivity index (χ3v) is 2.85. The van der Waals surface area contributed by atoms with E-state index in [-0.39, 0.29) is 29.6 Å². The third-order valence-electron chi connectivity index (χ3n) is 1.48. The zero-order valence-electron chi connectivity index (χ0n) is 6.60. The molecule has 1 fully saturated rings. The van der Waals surface area contributed by atoms with Crippen molar-refractivity contribution in [3.05, 3.63) is 12.8 Å². The van der Waals surface area contributed by atoms with Gasteiger partial charge in [0.15, 0.2) is 0 Å². The van der Waals surface area contributed by atoms with Crippen LogP contribution in [0.15, 0.2) is 12.8 Å². The Morgan fingerprint density at radius 3 is 2.38 bits per heavy atom. The molecule has 0 N–H and O–H groups in total. The number of ether oxygens (including phenoxy) is 1. The van der Waals surface area contributed by atoms with E-state index < -0.39 is 10.3 Å². The van der Waals surface area contributed by atoms with Gasteiger partial charge >= 0.3 is 39.9 Å². The van der Waals surface area contributed by atoms with Gasteiger partial charge in [-0.15, -0.1) is 0 Å². The minimum absolute atomic E-state index is 0. The molecule has 0 bridgehead atoms. The normalized spacial score (nSPS) is 18.8. The first-order valence-corrected chi connectivity index (χ1v) is 4.90. The van der Waals surface area contributed by atoms with E-state index in [9.17, 15) is 8.42 Å². The van der Waals surface area contributed by atoms with Crippen LogP contribution >= 0.6 is 0 Å². The van der Waals surface area contributed by atoms with Crippen LogP contribution in [0.4, 0.5) is 0 Å². The monoisotopic (exact) mass is 217 g/mol. The van der Waals surface area contributed by atoms with Gasteiger partial charge in [-0.1, -0.05) is 6.58 Å². The molecular formula is C6H12NNaO4S. The fraction of sp³-hybridized carbons (Fsp3) is 0.667. The summed E-state index contributed by atoms with van der Waals surface area (Å²) in [7, 11) is -3.60. The Morgan fingerprint density at radius 1 is 1.38 bits per heavy atom. The SMILES string of the molecule is C=COS(=O)(=O)N1CCOCC1.[NaH]. The summed E-state index contributed by atoms with van der Waals surface area (Å²) >= 11 is 0. The Labute approximate surface area is 100 Å². The minimum atomic E-state index is -3.60. The van der Waals surface area contributed by atoms with E-state index in [1.165, 1.54) is 4.31 Å². The van der Waals surface area contributed by atoms with E-state index in [0.29, 0.717) is 26.3 Å². The molecule has 13 heavy (non-hydrogen) atoms. The summed E-state index contributed by atoms with van der Waals surface area (Å²) in [5.41, 5.74) is 0. The molecule has 0 aliphatic carbocycles. The number of hydrogen-bond donors (Lipinski definition) is 0. The zero-order valence-corrected chi connectivity index (χ0v) is 7.42. The Bertz CT molecular complexity index is 247. The quantitative estimate of drug-likeness (QED) is 0.453. The van der Waals surface area contributed by atoms with Crippen molar-refractivity contribution in [1.82, 2.24) is 4.31 Å². The van der Waals surface area contributed by atoms with Crippen molar-refractivity contribution in [1.29, 1.82) is 0 Å². The molecule has 0 amide bonds. The van der Waals surface area contributed by atoms with Gasteiger partial charge in [0.1, 0.15) is 6.26 Å². The van der Waals surface area contributed by atoms with Gasteiger partial charge < -0.3 is 8.92 Å². The van der Waals surface area contributed by atoms with Gasteiger partial charge in [0, 0.05) is 13.1 Å². The van der Waals surface area contributed by atoms with E-state index in [1.807, 2.05) is 0 Å². The Morgan fingerprint density at radius 2 is 1.92 bits per heavy atom. The van der Waals surface area contributed by atoms with Gasteiger partial charge in [-0.05, 0) is 0 Å². The third kappa shape index (κ3) is 3.97. The van der Waals surface area contributed by atoms with Crippen LogP contribution in [0, 0.1) is 0 Å². The Hall–Kier alpha value is 0.410. The number of hydrogen-bond acceptors (Lipinski definition) is 4. The summed E-state index contributed by atoms with van der Waals surface area (Å²) in [5.74, 6) is 0. The fourth-order valence-electron chi connectivity index (χ4n) is 0.917. The van der Waals surface area contributed by atoms with Crippen molar-refractivity contribution in [3.63, 3.8) is 0 Å². The first-order valence-electron chi connectivity index (χ1n) is 3.54. The predicted octanol–water partition coefficient (Wildman–Crippen LogP) is -0.925. The number of nitrogens with zero attached hydrogens (tertiary/aromatic N) is 1. The molecule has 0 saturated carbocycles. The fourth-order valence-corrected chi connectivity index (χ4v) is 1.81. The number of rotatable bonds is 3. The molecule has 1 aliphatic heterocycles. The van der Waals surface area contributed by atoms with E-state index in [0.717, 1.165) is 6.26 Å². The first kappa shape index (κ1) is 13.4. The zero-order chi connectivity index (χ0) is 9.03. The van der Waals surface area contributed by atoms with Crippen molar-refractivity contribution in [2.24, 2.45) is 0 Å². The van der Waals surface area contributed by atoms with Crippen LogP contribution in [-0.2, 0) is 19.2 Å². The summed E-state index contributed by atoms with van der Waals surface area (Å²) in [5, 5.41) is 0. The molecule has 0 atom stereocenters. The van der Waals surface area contributed by atoms with Crippen molar-refractivity contribution < 1.29 is 17.3 Å². The molecule has 0 aromatic rings. The van der Waals surface area contributed by atoms with Crippen LogP contribution in [0.5, 0.6) is 0 Å². The summed E-state index contributed by atoms with van der Waals surface area (Å²) in [6.45, 7) is 4.70. The van der Waals surface area contributed by atoms with Crippen LogP contribution < -0.4 is 0 Å². The molecule has 0 aromatic heterocycles. The summed E-state index contributed by atoms with van der Waals surface area (Å²) in [4.78, 5) is 0. The van der Waals surface area contributed by atoms with Gasteiger partial charge in [0.2, 0.25) is 0 Å². The molecule has 0 unspecified atom stereocenters. The average Bonchev–Trinajstić information content (AvgIpc) is 2.06. The number of morpholine rings is 1. The second-order valence-electron chi connectivity index (χ2n) is 2.23. The molecule has 5 nitrogen and oxygen atoms in total. The first-order chi connectivity index (χ1) is 5.67. The summed E-state index contributed by atoms with van der Waals surface area (Å²) in [6.07, 6.45) is 0.908. The van der Waals surface area contributed by atoms with Crippen LogP contribution in [0.3, 0.4) is 0 Å². The van der Waals surface area contributed by atoms with E-state index in [2.05, 4.69) is 10.8 Å². The van der Waals surface area contributed by atoms with Crippen LogP contribution in [0.25, 0.3) is 0 Å². The van der Waals surface area contributed by atoms with Crippen molar-refractivity contribution in [2.75, 3.05) is 26.3 Å². The van der Waals surface area contributed by atoms with Crippen LogP contribution in [0.1, 0.15) is 0 Å². The molecule has 7 heteroatoms. The van der Waals surface area contributed by atoms with Crippen LogP contribution in [0.2, 0.25) is 0 Å². The molecule has 1 heterocycles. The van der Waals surface area contributed by atoms with Gasteiger partial charge in [-0.3, -0.25) is 0 Å². The van der Waals surface area contributed by atoms with Crippen LogP contribution in [-0.4, -0.2) is 68.6 Å². The average molecular weight is 217 g/mol. The molecule has 0 aromatic carbocycles. The van der Waals surface area contributed by atoms with Gasteiger partial charge in [-0.25, -0.2) is 0 Å². The molecule has 0 spiro atoms. The van der Waals surface area contributed by atoms with E-state index in [1.54, 1.807) is 0 Å². The van der Waals surface area contributed by atoms with E-state index >= 15 is 0 Å². The van der Waals surface area contributed by atoms with Crippen molar-refractivity contribution in [3.8, 4) is 0 Å². The second kappa shape index (κ2) is 6.00. The Balaban J connectivity index is 0.00000144. The maximum absolute atomic E-state index is 11.2. The topological polar surface area (TPSA) is 55.8 Å². The second-order valence-corrected chi connectivity index (χ2v) is 3.80. The maximum atomic E-state index is 11.2. The van der Waals surface area contributed by atoms with Crippen molar-refractivity contribution in [2.45, 2.75) is 0 Å². The molecular weight excluding hydrogens is 205 g/mol. The molecule has 0 radical (unpaired) electrons. The molecule has 1 aliphatic rings. The van der Waals surface area contributed by atoms with Crippen molar-refractivity contribution >= 4 is 39.9 Å². The summed E-state index contributed by atoms with van der Waals surface area (Å²) in [6, 6.07) is 0. The van der Waals surface area contributed by atoms with Gasteiger partial charge in [0.25, 0.3) is 0 Å². The van der Waals surface area contributed by atoms with E-state index in [4.69, 9.17) is 4.74 Å². The Kier molecular flexibility index (Phi) is 6.19. The van der Waals surface area contributed by atoms with Gasteiger partial charge in [-0.2, -0.15) is 12.7 Å². The molecule has 72 valence electrons. The predicted molar refractivity (Wildman–Crippen MR) is 49.7 cm³/mol. The molecule has 1 rings (SSSR count). The standard InChI is InChI=1S/C6H11NO4S.Na.H/c1-2-11-12(8,9)7-3-5-10-6-4-7;;/h2H,1,3-6H2;;. The summed E-state index contributed by atoms with van der Waals surface area (Å²) < 4.78 is 32.9.